The Morgan fingerprint density at radius 3 is 2.26 bits per heavy atom. The van der Waals surface area contributed by atoms with Gasteiger partial charge in [0.25, 0.3) is 0 Å². The van der Waals surface area contributed by atoms with Gasteiger partial charge in [-0.05, 0) is 12.0 Å². The molecule has 5 heteroatoms. The highest BCUT2D eigenvalue weighted by molar-refractivity contribution is 5.21. The Morgan fingerprint density at radius 1 is 1.26 bits per heavy atom. The quantitative estimate of drug-likeness (QED) is 0.887. The number of alkyl halides is 3. The third-order valence-corrected chi connectivity index (χ3v) is 4.04. The Hall–Kier alpha value is -1.07. The normalized spacial score (nSPS) is 27.7. The maximum absolute atomic E-state index is 13.2. The molecule has 0 radical (unpaired) electrons. The number of nitrogens with one attached hydrogen (secondary N) is 1. The first-order chi connectivity index (χ1) is 8.73. The first-order valence-corrected chi connectivity index (χ1v) is 6.28. The van der Waals surface area contributed by atoms with Crippen molar-refractivity contribution in [3.05, 3.63) is 35.9 Å². The van der Waals surface area contributed by atoms with Crippen LogP contribution in [0.4, 0.5) is 13.2 Å². The molecule has 1 aliphatic rings. The van der Waals surface area contributed by atoms with Gasteiger partial charge in [-0.3, -0.25) is 5.32 Å². The Bertz CT molecular complexity index is 430. The van der Waals surface area contributed by atoms with Crippen LogP contribution >= 0.6 is 0 Å². The Morgan fingerprint density at radius 2 is 1.84 bits per heavy atom. The first kappa shape index (κ1) is 14.3. The number of aliphatic hydroxyl groups is 1. The average molecular weight is 273 g/mol. The molecule has 106 valence electrons. The highest BCUT2D eigenvalue weighted by atomic mass is 19.4. The summed E-state index contributed by atoms with van der Waals surface area (Å²) in [6, 6.07) is 5.78. The van der Waals surface area contributed by atoms with Gasteiger partial charge in [-0.1, -0.05) is 44.2 Å². The van der Waals surface area contributed by atoms with E-state index in [0.717, 1.165) is 0 Å². The van der Waals surface area contributed by atoms with E-state index in [0.29, 0.717) is 6.42 Å². The third-order valence-electron chi connectivity index (χ3n) is 4.04. The summed E-state index contributed by atoms with van der Waals surface area (Å²) in [5, 5.41) is 12.3. The summed E-state index contributed by atoms with van der Waals surface area (Å²) in [5.74, 6) is 0. The fourth-order valence-electron chi connectivity index (χ4n) is 2.41. The summed E-state index contributed by atoms with van der Waals surface area (Å²) < 4.78 is 39.5. The zero-order valence-electron chi connectivity index (χ0n) is 10.9. The van der Waals surface area contributed by atoms with Gasteiger partial charge in [-0.15, -0.1) is 0 Å². The fourth-order valence-corrected chi connectivity index (χ4v) is 2.41. The zero-order valence-corrected chi connectivity index (χ0v) is 10.9. The van der Waals surface area contributed by atoms with Crippen molar-refractivity contribution >= 4 is 0 Å². The topological polar surface area (TPSA) is 32.3 Å². The van der Waals surface area contributed by atoms with Crippen LogP contribution in [0.25, 0.3) is 0 Å². The van der Waals surface area contributed by atoms with Gasteiger partial charge in [0.05, 0.1) is 6.10 Å². The van der Waals surface area contributed by atoms with Gasteiger partial charge in [0.1, 0.15) is 6.04 Å². The summed E-state index contributed by atoms with van der Waals surface area (Å²) in [5.41, 5.74) is -0.328. The van der Waals surface area contributed by atoms with E-state index < -0.39 is 23.7 Å². The molecule has 0 aromatic heterocycles. The summed E-state index contributed by atoms with van der Waals surface area (Å²) in [6.07, 6.45) is -4.54. The van der Waals surface area contributed by atoms with E-state index in [4.69, 9.17) is 0 Å². The molecule has 2 N–H and O–H groups in total. The van der Waals surface area contributed by atoms with E-state index in [1.165, 1.54) is 12.1 Å². The second kappa shape index (κ2) is 4.80. The lowest BCUT2D eigenvalue weighted by atomic mass is 9.64. The van der Waals surface area contributed by atoms with Gasteiger partial charge >= 0.3 is 6.18 Å². The third kappa shape index (κ3) is 2.77. The lowest BCUT2D eigenvalue weighted by Gasteiger charge is -2.51. The molecule has 3 unspecified atom stereocenters. The molecule has 1 aliphatic carbocycles. The summed E-state index contributed by atoms with van der Waals surface area (Å²) >= 11 is 0. The lowest BCUT2D eigenvalue weighted by Crippen LogP contribution is -2.61. The molecule has 2 rings (SSSR count). The Kier molecular flexibility index (Phi) is 3.62. The lowest BCUT2D eigenvalue weighted by molar-refractivity contribution is -0.172. The monoisotopic (exact) mass is 273 g/mol. The predicted molar refractivity (Wildman–Crippen MR) is 66.6 cm³/mol. The molecule has 0 saturated heterocycles. The maximum Gasteiger partial charge on any atom is 0.407 e. The molecule has 1 aromatic carbocycles. The van der Waals surface area contributed by atoms with Crippen molar-refractivity contribution in [3.63, 3.8) is 0 Å². The molecule has 1 fully saturated rings. The Labute approximate surface area is 110 Å². The molecule has 0 aliphatic heterocycles. The number of benzene rings is 1. The van der Waals surface area contributed by atoms with E-state index in [2.05, 4.69) is 5.32 Å². The van der Waals surface area contributed by atoms with Crippen LogP contribution in [0.5, 0.6) is 0 Å². The standard InChI is InChI=1S/C14H18F3NO/c1-13(2)10(8-11(13)19)18-12(14(15,16)17)9-6-4-3-5-7-9/h3-7,10-12,18-19H,8H2,1-2H3. The van der Waals surface area contributed by atoms with E-state index in [1.54, 1.807) is 32.0 Å². The number of rotatable bonds is 3. The highest BCUT2D eigenvalue weighted by Gasteiger charge is 2.51. The second-order valence-electron chi connectivity index (χ2n) is 5.68. The SMILES string of the molecule is CC1(C)C(O)CC1NC(c1ccccc1)C(F)(F)F. The van der Waals surface area contributed by atoms with Crippen molar-refractivity contribution in [2.45, 2.75) is 44.6 Å². The van der Waals surface area contributed by atoms with Gasteiger partial charge in [-0.2, -0.15) is 13.2 Å². The Balaban J connectivity index is 2.18. The molecule has 1 saturated carbocycles. The van der Waals surface area contributed by atoms with Gasteiger partial charge < -0.3 is 5.11 Å². The van der Waals surface area contributed by atoms with E-state index in [-0.39, 0.29) is 11.6 Å². The summed E-state index contributed by atoms with van der Waals surface area (Å²) in [6.45, 7) is 3.55. The van der Waals surface area contributed by atoms with Crippen LogP contribution in [0.3, 0.4) is 0 Å². The molecule has 0 heterocycles. The second-order valence-corrected chi connectivity index (χ2v) is 5.68. The number of aliphatic hydroxyl groups excluding tert-OH is 1. The average Bonchev–Trinajstić information content (AvgIpc) is 2.33. The molecule has 0 bridgehead atoms. The van der Waals surface area contributed by atoms with Crippen molar-refractivity contribution < 1.29 is 18.3 Å². The van der Waals surface area contributed by atoms with Crippen molar-refractivity contribution in [1.82, 2.24) is 5.32 Å². The number of hydrogen-bond acceptors (Lipinski definition) is 2. The van der Waals surface area contributed by atoms with Crippen LogP contribution in [0.15, 0.2) is 30.3 Å². The van der Waals surface area contributed by atoms with Gasteiger partial charge in [0.2, 0.25) is 0 Å². The molecular formula is C14H18F3NO. The van der Waals surface area contributed by atoms with Crippen LogP contribution in [0, 0.1) is 5.41 Å². The summed E-state index contributed by atoms with van der Waals surface area (Å²) in [7, 11) is 0. The van der Waals surface area contributed by atoms with E-state index in [1.807, 2.05) is 0 Å². The van der Waals surface area contributed by atoms with E-state index in [9.17, 15) is 18.3 Å². The van der Waals surface area contributed by atoms with Crippen molar-refractivity contribution in [1.29, 1.82) is 0 Å². The number of hydrogen-bond donors (Lipinski definition) is 2. The zero-order chi connectivity index (χ0) is 14.3. The molecular weight excluding hydrogens is 255 g/mol. The van der Waals surface area contributed by atoms with Crippen molar-refractivity contribution in [2.75, 3.05) is 0 Å². The first-order valence-electron chi connectivity index (χ1n) is 6.28. The highest BCUT2D eigenvalue weighted by Crippen LogP contribution is 2.43. The minimum absolute atomic E-state index is 0.201. The van der Waals surface area contributed by atoms with Gasteiger partial charge in [-0.25, -0.2) is 0 Å². The van der Waals surface area contributed by atoms with Crippen LogP contribution in [-0.4, -0.2) is 23.4 Å². The predicted octanol–water partition coefficient (Wildman–Crippen LogP) is 3.04. The van der Waals surface area contributed by atoms with Gasteiger partial charge in [0, 0.05) is 11.5 Å². The molecule has 0 amide bonds. The molecule has 3 atom stereocenters. The van der Waals surface area contributed by atoms with E-state index >= 15 is 0 Å². The summed E-state index contributed by atoms with van der Waals surface area (Å²) in [4.78, 5) is 0. The maximum atomic E-state index is 13.2. The molecule has 0 spiro atoms. The van der Waals surface area contributed by atoms with Crippen LogP contribution in [0.2, 0.25) is 0 Å². The van der Waals surface area contributed by atoms with Gasteiger partial charge in [0.15, 0.2) is 0 Å². The minimum Gasteiger partial charge on any atom is -0.392 e. The van der Waals surface area contributed by atoms with Crippen molar-refractivity contribution in [3.8, 4) is 0 Å². The molecule has 2 nitrogen and oxygen atoms in total. The smallest absolute Gasteiger partial charge is 0.392 e. The van der Waals surface area contributed by atoms with Crippen LogP contribution in [-0.2, 0) is 0 Å². The molecule has 19 heavy (non-hydrogen) atoms. The minimum atomic E-state index is -4.35. The largest absolute Gasteiger partial charge is 0.407 e. The van der Waals surface area contributed by atoms with Crippen molar-refractivity contribution in [2.24, 2.45) is 5.41 Å². The molecule has 1 aromatic rings. The van der Waals surface area contributed by atoms with Crippen LogP contribution in [0.1, 0.15) is 31.9 Å². The fraction of sp³-hybridized carbons (Fsp3) is 0.571. The number of halogens is 3. The van der Waals surface area contributed by atoms with Crippen LogP contribution < -0.4 is 5.32 Å².